The second kappa shape index (κ2) is 5.19. The largest absolute Gasteiger partial charge is 0.354 e. The van der Waals surface area contributed by atoms with Crippen molar-refractivity contribution >= 4 is 17.2 Å². The highest BCUT2D eigenvalue weighted by molar-refractivity contribution is 7.10. The van der Waals surface area contributed by atoms with Gasteiger partial charge in [-0.05, 0) is 24.3 Å². The molecule has 4 heteroatoms. The van der Waals surface area contributed by atoms with Gasteiger partial charge in [0.05, 0.1) is 6.54 Å². The van der Waals surface area contributed by atoms with Gasteiger partial charge in [0.1, 0.15) is 0 Å². The van der Waals surface area contributed by atoms with Gasteiger partial charge in [0.25, 0.3) is 0 Å². The summed E-state index contributed by atoms with van der Waals surface area (Å²) in [6.07, 6.45) is 2.43. The summed E-state index contributed by atoms with van der Waals surface area (Å²) in [4.78, 5) is 12.9. The van der Waals surface area contributed by atoms with Crippen LogP contribution in [-0.4, -0.2) is 25.0 Å². The first kappa shape index (κ1) is 12.6. The van der Waals surface area contributed by atoms with Gasteiger partial charge in [-0.25, -0.2) is 0 Å². The van der Waals surface area contributed by atoms with E-state index in [9.17, 15) is 4.79 Å². The van der Waals surface area contributed by atoms with Crippen LogP contribution in [0.15, 0.2) is 17.5 Å². The lowest BCUT2D eigenvalue weighted by molar-refractivity contribution is -0.120. The Morgan fingerprint density at radius 3 is 2.88 bits per heavy atom. The maximum atomic E-state index is 11.6. The Labute approximate surface area is 107 Å². The van der Waals surface area contributed by atoms with Crippen LogP contribution in [0.4, 0.5) is 0 Å². The molecule has 1 amide bonds. The molecule has 0 aromatic carbocycles. The Balaban J connectivity index is 1.74. The summed E-state index contributed by atoms with van der Waals surface area (Å²) in [6.45, 7) is 5.46. The Bertz CT molecular complexity index is 369. The van der Waals surface area contributed by atoms with Crippen molar-refractivity contribution in [3.8, 4) is 0 Å². The maximum Gasteiger partial charge on any atom is 0.233 e. The van der Waals surface area contributed by atoms with Crippen LogP contribution in [0.1, 0.15) is 31.6 Å². The zero-order valence-corrected chi connectivity index (χ0v) is 11.3. The summed E-state index contributed by atoms with van der Waals surface area (Å²) in [5.74, 6) is 0.0986. The molecule has 0 unspecified atom stereocenters. The Hall–Kier alpha value is -0.870. The maximum absolute atomic E-state index is 11.6. The van der Waals surface area contributed by atoms with E-state index < -0.39 is 0 Å². The molecule has 1 aliphatic carbocycles. The van der Waals surface area contributed by atoms with E-state index in [1.807, 2.05) is 0 Å². The van der Waals surface area contributed by atoms with Crippen molar-refractivity contribution in [1.82, 2.24) is 10.6 Å². The molecular weight excluding hydrogens is 232 g/mol. The van der Waals surface area contributed by atoms with Crippen molar-refractivity contribution in [3.63, 3.8) is 0 Å². The molecule has 0 radical (unpaired) electrons. The van der Waals surface area contributed by atoms with Crippen molar-refractivity contribution in [3.05, 3.63) is 22.4 Å². The van der Waals surface area contributed by atoms with Gasteiger partial charge in [0.15, 0.2) is 0 Å². The van der Waals surface area contributed by atoms with Crippen LogP contribution >= 0.6 is 11.3 Å². The molecule has 0 saturated heterocycles. The van der Waals surface area contributed by atoms with Gasteiger partial charge in [0.2, 0.25) is 5.91 Å². The lowest BCUT2D eigenvalue weighted by Gasteiger charge is -2.23. The van der Waals surface area contributed by atoms with Gasteiger partial charge in [0, 0.05) is 22.9 Å². The molecular formula is C13H20N2OS. The molecule has 0 spiro atoms. The number of rotatable bonds is 6. The molecule has 1 fully saturated rings. The highest BCUT2D eigenvalue weighted by Crippen LogP contribution is 2.26. The molecule has 94 valence electrons. The predicted octanol–water partition coefficient (Wildman–Crippen LogP) is 1.89. The van der Waals surface area contributed by atoms with Crippen molar-refractivity contribution in [2.45, 2.75) is 38.1 Å². The summed E-state index contributed by atoms with van der Waals surface area (Å²) < 4.78 is 0. The van der Waals surface area contributed by atoms with Gasteiger partial charge >= 0.3 is 0 Å². The molecule has 0 bridgehead atoms. The third kappa shape index (κ3) is 3.82. The number of amides is 1. The van der Waals surface area contributed by atoms with Crippen LogP contribution in [0, 0.1) is 0 Å². The highest BCUT2D eigenvalue weighted by Gasteiger charge is 2.24. The topological polar surface area (TPSA) is 41.1 Å². The summed E-state index contributed by atoms with van der Waals surface area (Å²) in [5, 5.41) is 8.29. The molecule has 1 aromatic heterocycles. The SMILES string of the molecule is CC(C)(CNC(=O)CNC1CC1)c1cccs1. The minimum Gasteiger partial charge on any atom is -0.354 e. The van der Waals surface area contributed by atoms with Gasteiger partial charge in [-0.2, -0.15) is 0 Å². The summed E-state index contributed by atoms with van der Waals surface area (Å²) >= 11 is 1.74. The number of hydrogen-bond donors (Lipinski definition) is 2. The van der Waals surface area contributed by atoms with E-state index in [-0.39, 0.29) is 11.3 Å². The monoisotopic (exact) mass is 252 g/mol. The average molecular weight is 252 g/mol. The molecule has 17 heavy (non-hydrogen) atoms. The van der Waals surface area contributed by atoms with Gasteiger partial charge < -0.3 is 10.6 Å². The van der Waals surface area contributed by atoms with Crippen LogP contribution < -0.4 is 10.6 Å². The normalized spacial score (nSPS) is 15.9. The number of hydrogen-bond acceptors (Lipinski definition) is 3. The fourth-order valence-electron chi connectivity index (χ4n) is 1.66. The summed E-state index contributed by atoms with van der Waals surface area (Å²) in [6, 6.07) is 4.77. The van der Waals surface area contributed by atoms with E-state index in [0.717, 1.165) is 0 Å². The standard InChI is InChI=1S/C13H20N2OS/c1-13(2,11-4-3-7-17-11)9-15-12(16)8-14-10-5-6-10/h3-4,7,10,14H,5-6,8-9H2,1-2H3,(H,15,16). The van der Waals surface area contributed by atoms with Gasteiger partial charge in [-0.3, -0.25) is 4.79 Å². The fourth-order valence-corrected chi connectivity index (χ4v) is 2.51. The zero-order valence-electron chi connectivity index (χ0n) is 10.5. The van der Waals surface area contributed by atoms with Crippen LogP contribution in [0.2, 0.25) is 0 Å². The molecule has 2 N–H and O–H groups in total. The molecule has 1 aliphatic rings. The van der Waals surface area contributed by atoms with Crippen LogP contribution in [0.25, 0.3) is 0 Å². The fraction of sp³-hybridized carbons (Fsp3) is 0.615. The third-order valence-electron chi connectivity index (χ3n) is 3.04. The lowest BCUT2D eigenvalue weighted by Crippen LogP contribution is -2.41. The van der Waals surface area contributed by atoms with E-state index in [0.29, 0.717) is 19.1 Å². The Kier molecular flexibility index (Phi) is 3.84. The first-order chi connectivity index (χ1) is 8.08. The molecule has 3 nitrogen and oxygen atoms in total. The van der Waals surface area contributed by atoms with Crippen LogP contribution in [0.5, 0.6) is 0 Å². The van der Waals surface area contributed by atoms with Gasteiger partial charge in [-0.1, -0.05) is 19.9 Å². The second-order valence-corrected chi connectivity index (χ2v) is 6.24. The minimum absolute atomic E-state index is 0.0173. The summed E-state index contributed by atoms with van der Waals surface area (Å²) in [7, 11) is 0. The Morgan fingerprint density at radius 2 is 2.29 bits per heavy atom. The Morgan fingerprint density at radius 1 is 1.53 bits per heavy atom. The summed E-state index contributed by atoms with van der Waals surface area (Å²) in [5.41, 5.74) is 0.0173. The van der Waals surface area contributed by atoms with E-state index in [1.165, 1.54) is 17.7 Å². The van der Waals surface area contributed by atoms with Crippen molar-refractivity contribution < 1.29 is 4.79 Å². The highest BCUT2D eigenvalue weighted by atomic mass is 32.1. The van der Waals surface area contributed by atoms with Crippen molar-refractivity contribution in [2.75, 3.05) is 13.1 Å². The molecule has 1 heterocycles. The third-order valence-corrected chi connectivity index (χ3v) is 4.28. The van der Waals surface area contributed by atoms with E-state index in [4.69, 9.17) is 0 Å². The first-order valence-corrected chi connectivity index (χ1v) is 7.00. The first-order valence-electron chi connectivity index (χ1n) is 6.12. The minimum atomic E-state index is 0.0173. The second-order valence-electron chi connectivity index (χ2n) is 5.29. The van der Waals surface area contributed by atoms with Crippen LogP contribution in [0.3, 0.4) is 0 Å². The quantitative estimate of drug-likeness (QED) is 0.812. The number of nitrogens with one attached hydrogen (secondary N) is 2. The van der Waals surface area contributed by atoms with Crippen molar-refractivity contribution in [1.29, 1.82) is 0 Å². The van der Waals surface area contributed by atoms with Crippen LogP contribution in [-0.2, 0) is 10.2 Å². The smallest absolute Gasteiger partial charge is 0.233 e. The van der Waals surface area contributed by atoms with E-state index >= 15 is 0 Å². The van der Waals surface area contributed by atoms with Crippen molar-refractivity contribution in [2.24, 2.45) is 0 Å². The molecule has 0 atom stereocenters. The van der Waals surface area contributed by atoms with E-state index in [1.54, 1.807) is 11.3 Å². The number of carbonyl (C=O) groups is 1. The predicted molar refractivity (Wildman–Crippen MR) is 71.4 cm³/mol. The van der Waals surface area contributed by atoms with Gasteiger partial charge in [-0.15, -0.1) is 11.3 Å². The number of thiophene rings is 1. The zero-order chi connectivity index (χ0) is 12.3. The molecule has 1 aromatic rings. The molecule has 2 rings (SSSR count). The number of carbonyl (C=O) groups excluding carboxylic acids is 1. The molecule has 0 aliphatic heterocycles. The lowest BCUT2D eigenvalue weighted by atomic mass is 9.91. The van der Waals surface area contributed by atoms with E-state index in [2.05, 4.69) is 42.0 Å². The molecule has 1 saturated carbocycles. The average Bonchev–Trinajstić information content (AvgIpc) is 2.94.